The SMILES string of the molecule is CN(Cc1ccccc1)c1nc(NCCOCCOCCN)nc(Nc2ccc3ccccc3c2)n1. The number of ether oxygens (including phenoxy) is 2. The third-order valence-corrected chi connectivity index (χ3v) is 5.40. The van der Waals surface area contributed by atoms with Gasteiger partial charge in [0.2, 0.25) is 17.8 Å². The zero-order valence-corrected chi connectivity index (χ0v) is 20.6. The number of nitrogens with two attached hydrogens (primary N) is 1. The molecule has 0 aliphatic carbocycles. The van der Waals surface area contributed by atoms with Gasteiger partial charge in [0, 0.05) is 32.4 Å². The van der Waals surface area contributed by atoms with E-state index in [1.807, 2.05) is 48.3 Å². The van der Waals surface area contributed by atoms with Gasteiger partial charge in [0.05, 0.1) is 26.4 Å². The van der Waals surface area contributed by atoms with Crippen LogP contribution in [-0.4, -0.2) is 61.5 Å². The molecule has 9 nitrogen and oxygen atoms in total. The molecule has 0 spiro atoms. The quantitative estimate of drug-likeness (QED) is 0.229. The maximum absolute atomic E-state index is 5.60. The zero-order chi connectivity index (χ0) is 25.0. The monoisotopic (exact) mass is 487 g/mol. The van der Waals surface area contributed by atoms with Crippen LogP contribution < -0.4 is 21.3 Å². The summed E-state index contributed by atoms with van der Waals surface area (Å²) in [4.78, 5) is 15.9. The van der Waals surface area contributed by atoms with Crippen LogP contribution in [0, 0.1) is 0 Å². The van der Waals surface area contributed by atoms with E-state index in [1.54, 1.807) is 0 Å². The fraction of sp³-hybridized carbons (Fsp3) is 0.296. The molecule has 0 aliphatic heterocycles. The van der Waals surface area contributed by atoms with Crippen LogP contribution in [0.15, 0.2) is 72.8 Å². The highest BCUT2D eigenvalue weighted by Crippen LogP contribution is 2.22. The maximum atomic E-state index is 5.60. The van der Waals surface area contributed by atoms with Crippen molar-refractivity contribution < 1.29 is 9.47 Å². The Morgan fingerprint density at radius 1 is 0.778 bits per heavy atom. The summed E-state index contributed by atoms with van der Waals surface area (Å²) in [5, 5.41) is 8.91. The second kappa shape index (κ2) is 13.3. The smallest absolute Gasteiger partial charge is 0.233 e. The lowest BCUT2D eigenvalue weighted by molar-refractivity contribution is 0.0547. The first kappa shape index (κ1) is 25.3. The van der Waals surface area contributed by atoms with Crippen molar-refractivity contribution in [2.75, 3.05) is 62.1 Å². The molecular formula is C27H33N7O2. The van der Waals surface area contributed by atoms with Gasteiger partial charge >= 0.3 is 0 Å². The molecule has 0 bridgehead atoms. The van der Waals surface area contributed by atoms with Crippen LogP contribution >= 0.6 is 0 Å². The molecule has 0 unspecified atom stereocenters. The van der Waals surface area contributed by atoms with Crippen molar-refractivity contribution in [2.24, 2.45) is 5.73 Å². The summed E-state index contributed by atoms with van der Waals surface area (Å²) in [5.41, 5.74) is 7.49. The average molecular weight is 488 g/mol. The van der Waals surface area contributed by atoms with Crippen LogP contribution in [0.25, 0.3) is 10.8 Å². The summed E-state index contributed by atoms with van der Waals surface area (Å²) >= 11 is 0. The fourth-order valence-corrected chi connectivity index (χ4v) is 3.63. The summed E-state index contributed by atoms with van der Waals surface area (Å²) in [6.45, 7) is 3.82. The Hall–Kier alpha value is -3.79. The minimum Gasteiger partial charge on any atom is -0.378 e. The number of hydrogen-bond acceptors (Lipinski definition) is 9. The van der Waals surface area contributed by atoms with Gasteiger partial charge in [-0.2, -0.15) is 15.0 Å². The highest BCUT2D eigenvalue weighted by Gasteiger charge is 2.12. The van der Waals surface area contributed by atoms with Crippen molar-refractivity contribution in [3.05, 3.63) is 78.4 Å². The van der Waals surface area contributed by atoms with E-state index in [1.165, 1.54) is 10.9 Å². The highest BCUT2D eigenvalue weighted by molar-refractivity contribution is 5.86. The van der Waals surface area contributed by atoms with Crippen molar-refractivity contribution in [2.45, 2.75) is 6.54 Å². The van der Waals surface area contributed by atoms with Gasteiger partial charge in [-0.15, -0.1) is 0 Å². The van der Waals surface area contributed by atoms with Gasteiger partial charge in [-0.3, -0.25) is 0 Å². The first-order valence-electron chi connectivity index (χ1n) is 12.1. The lowest BCUT2D eigenvalue weighted by atomic mass is 10.1. The Morgan fingerprint density at radius 3 is 2.31 bits per heavy atom. The molecule has 9 heteroatoms. The lowest BCUT2D eigenvalue weighted by Crippen LogP contribution is -2.21. The lowest BCUT2D eigenvalue weighted by Gasteiger charge is -2.19. The second-order valence-corrected chi connectivity index (χ2v) is 8.25. The third kappa shape index (κ3) is 7.61. The molecule has 4 aromatic rings. The van der Waals surface area contributed by atoms with E-state index in [2.05, 4.69) is 62.0 Å². The predicted octanol–water partition coefficient (Wildman–Crippen LogP) is 3.81. The summed E-state index contributed by atoms with van der Waals surface area (Å²) in [7, 11) is 1.97. The Balaban J connectivity index is 1.46. The maximum Gasteiger partial charge on any atom is 0.233 e. The highest BCUT2D eigenvalue weighted by atomic mass is 16.5. The van der Waals surface area contributed by atoms with Crippen LogP contribution in [0.2, 0.25) is 0 Å². The molecule has 36 heavy (non-hydrogen) atoms. The molecule has 0 saturated carbocycles. The molecular weight excluding hydrogens is 454 g/mol. The molecule has 4 rings (SSSR count). The first-order valence-corrected chi connectivity index (χ1v) is 12.1. The predicted molar refractivity (Wildman–Crippen MR) is 145 cm³/mol. The van der Waals surface area contributed by atoms with Crippen LogP contribution in [-0.2, 0) is 16.0 Å². The normalized spacial score (nSPS) is 10.9. The van der Waals surface area contributed by atoms with Crippen molar-refractivity contribution >= 4 is 34.3 Å². The number of benzene rings is 3. The minimum atomic E-state index is 0.466. The zero-order valence-electron chi connectivity index (χ0n) is 20.6. The minimum absolute atomic E-state index is 0.466. The van der Waals surface area contributed by atoms with Gasteiger partial charge in [0.25, 0.3) is 0 Å². The molecule has 1 heterocycles. The Kier molecular flexibility index (Phi) is 9.38. The number of rotatable bonds is 14. The summed E-state index contributed by atoms with van der Waals surface area (Å²) < 4.78 is 10.9. The molecule has 0 atom stereocenters. The van der Waals surface area contributed by atoms with Gasteiger partial charge in [0.15, 0.2) is 0 Å². The Labute approximate surface area is 211 Å². The third-order valence-electron chi connectivity index (χ3n) is 5.40. The molecule has 1 aromatic heterocycles. The molecule has 3 aromatic carbocycles. The number of aromatic nitrogens is 3. The summed E-state index contributed by atoms with van der Waals surface area (Å²) in [6, 6.07) is 24.6. The Bertz CT molecular complexity index is 1220. The van der Waals surface area contributed by atoms with E-state index < -0.39 is 0 Å². The van der Waals surface area contributed by atoms with Crippen molar-refractivity contribution in [1.29, 1.82) is 0 Å². The van der Waals surface area contributed by atoms with E-state index in [0.29, 0.717) is 63.9 Å². The molecule has 0 aliphatic rings. The van der Waals surface area contributed by atoms with E-state index in [4.69, 9.17) is 15.2 Å². The van der Waals surface area contributed by atoms with Crippen LogP contribution in [0.3, 0.4) is 0 Å². The van der Waals surface area contributed by atoms with E-state index in [0.717, 1.165) is 11.1 Å². The van der Waals surface area contributed by atoms with Crippen molar-refractivity contribution in [3.8, 4) is 0 Å². The van der Waals surface area contributed by atoms with Crippen molar-refractivity contribution in [1.82, 2.24) is 15.0 Å². The second-order valence-electron chi connectivity index (χ2n) is 8.25. The number of anilines is 4. The van der Waals surface area contributed by atoms with Gasteiger partial charge < -0.3 is 30.7 Å². The van der Waals surface area contributed by atoms with Crippen LogP contribution in [0.4, 0.5) is 23.5 Å². The first-order chi connectivity index (χ1) is 17.7. The van der Waals surface area contributed by atoms with E-state index in [9.17, 15) is 0 Å². The number of nitrogens with zero attached hydrogens (tertiary/aromatic N) is 4. The summed E-state index contributed by atoms with van der Waals surface area (Å²) in [5.74, 6) is 1.51. The summed E-state index contributed by atoms with van der Waals surface area (Å²) in [6.07, 6.45) is 0. The average Bonchev–Trinajstić information content (AvgIpc) is 2.90. The van der Waals surface area contributed by atoms with Crippen molar-refractivity contribution in [3.63, 3.8) is 0 Å². The standard InChI is InChI=1S/C27H33N7O2/c1-34(20-21-7-3-2-4-8-21)27-32-25(29-14-16-36-18-17-35-15-13-28)31-26(33-27)30-24-12-11-22-9-5-6-10-23(22)19-24/h2-12,19H,13-18,20,28H2,1H3,(H2,29,30,31,32,33). The number of fused-ring (bicyclic) bond motifs is 1. The van der Waals surface area contributed by atoms with Gasteiger partial charge in [-0.1, -0.05) is 60.7 Å². The topological polar surface area (TPSA) is 110 Å². The molecule has 0 radical (unpaired) electrons. The van der Waals surface area contributed by atoms with Gasteiger partial charge in [0.1, 0.15) is 0 Å². The van der Waals surface area contributed by atoms with E-state index in [-0.39, 0.29) is 0 Å². The fourth-order valence-electron chi connectivity index (χ4n) is 3.63. The Morgan fingerprint density at radius 2 is 1.50 bits per heavy atom. The van der Waals surface area contributed by atoms with E-state index >= 15 is 0 Å². The molecule has 0 saturated heterocycles. The molecule has 0 amide bonds. The van der Waals surface area contributed by atoms with Gasteiger partial charge in [-0.05, 0) is 28.5 Å². The largest absolute Gasteiger partial charge is 0.378 e. The van der Waals surface area contributed by atoms with Crippen LogP contribution in [0.1, 0.15) is 5.56 Å². The molecule has 188 valence electrons. The number of nitrogens with one attached hydrogen (secondary N) is 2. The van der Waals surface area contributed by atoms with Crippen LogP contribution in [0.5, 0.6) is 0 Å². The number of hydrogen-bond donors (Lipinski definition) is 3. The molecule has 0 fully saturated rings. The molecule has 4 N–H and O–H groups in total. The van der Waals surface area contributed by atoms with Gasteiger partial charge in [-0.25, -0.2) is 0 Å².